The Bertz CT molecular complexity index is 825. The van der Waals surface area contributed by atoms with Crippen LogP contribution in [0, 0.1) is 15.9 Å². The minimum atomic E-state index is -1.23. The van der Waals surface area contributed by atoms with E-state index < -0.39 is 22.8 Å². The van der Waals surface area contributed by atoms with E-state index >= 15 is 0 Å². The molecule has 2 heterocycles. The summed E-state index contributed by atoms with van der Waals surface area (Å²) in [5, 5.41) is 20.8. The van der Waals surface area contributed by atoms with E-state index in [1.54, 1.807) is 0 Å². The van der Waals surface area contributed by atoms with E-state index in [1.165, 1.54) is 12.1 Å². The van der Waals surface area contributed by atoms with Gasteiger partial charge in [-0.3, -0.25) is 9.69 Å². The predicted molar refractivity (Wildman–Crippen MR) is 72.3 cm³/mol. The van der Waals surface area contributed by atoms with Crippen LogP contribution in [0.5, 0.6) is 0 Å². The molecule has 1 aliphatic heterocycles. The van der Waals surface area contributed by atoms with Crippen LogP contribution in [-0.4, -0.2) is 33.6 Å². The summed E-state index contributed by atoms with van der Waals surface area (Å²) in [5.74, 6) is -1.58. The number of benzene rings is 1. The van der Waals surface area contributed by atoms with E-state index in [2.05, 4.69) is 20.1 Å². The van der Waals surface area contributed by atoms with Crippen molar-refractivity contribution in [2.24, 2.45) is 5.16 Å². The van der Waals surface area contributed by atoms with Gasteiger partial charge in [0.25, 0.3) is 11.9 Å². The van der Waals surface area contributed by atoms with Gasteiger partial charge in [-0.2, -0.15) is 0 Å². The Morgan fingerprint density at radius 1 is 1.43 bits per heavy atom. The van der Waals surface area contributed by atoms with Gasteiger partial charge >= 0.3 is 5.82 Å². The Morgan fingerprint density at radius 2 is 2.22 bits per heavy atom. The van der Waals surface area contributed by atoms with Crippen LogP contribution in [-0.2, 0) is 9.63 Å². The highest BCUT2D eigenvalue weighted by Gasteiger charge is 2.39. The van der Waals surface area contributed by atoms with Crippen LogP contribution in [0.25, 0.3) is 0 Å². The number of hydrogen-bond acceptors (Lipinski definition) is 9. The molecule has 10 nitrogen and oxygen atoms in total. The first-order valence-electron chi connectivity index (χ1n) is 5.93. The zero-order valence-corrected chi connectivity index (χ0v) is 11.7. The quantitative estimate of drug-likeness (QED) is 0.465. The van der Waals surface area contributed by atoms with Crippen molar-refractivity contribution in [3.63, 3.8) is 0 Å². The molecule has 118 valence electrons. The zero-order valence-electron chi connectivity index (χ0n) is 10.9. The number of amidine groups is 1. The molecule has 1 aromatic carbocycles. The Kier molecular flexibility index (Phi) is 3.62. The highest BCUT2D eigenvalue weighted by Crippen LogP contribution is 2.30. The molecule has 0 N–H and O–H groups in total. The van der Waals surface area contributed by atoms with E-state index in [-0.39, 0.29) is 22.2 Å². The van der Waals surface area contributed by atoms with E-state index in [0.29, 0.717) is 6.29 Å². The number of aldehydes is 1. The van der Waals surface area contributed by atoms with Crippen molar-refractivity contribution in [2.75, 3.05) is 4.90 Å². The molecule has 2 aromatic rings. The van der Waals surface area contributed by atoms with Gasteiger partial charge in [0.2, 0.25) is 5.84 Å². The lowest BCUT2D eigenvalue weighted by Gasteiger charge is -2.20. The molecule has 3 rings (SSSR count). The highest BCUT2D eigenvalue weighted by molar-refractivity contribution is 6.31. The fourth-order valence-corrected chi connectivity index (χ4v) is 2.08. The summed E-state index contributed by atoms with van der Waals surface area (Å²) in [6.45, 7) is 0. The molecule has 0 bridgehead atoms. The third-order valence-corrected chi connectivity index (χ3v) is 3.17. The van der Waals surface area contributed by atoms with E-state index in [1.807, 2.05) is 0 Å². The molecule has 1 aliphatic rings. The van der Waals surface area contributed by atoms with E-state index in [0.717, 1.165) is 11.0 Å². The van der Waals surface area contributed by atoms with Gasteiger partial charge in [0, 0.05) is 5.69 Å². The summed E-state index contributed by atoms with van der Waals surface area (Å²) in [6, 6.07) is 3.56. The maximum absolute atomic E-state index is 13.3. The average Bonchev–Trinajstić information content (AvgIpc) is 3.15. The monoisotopic (exact) mass is 341 g/mol. The Morgan fingerprint density at radius 3 is 2.87 bits per heavy atom. The summed E-state index contributed by atoms with van der Waals surface area (Å²) in [7, 11) is 0. The lowest BCUT2D eigenvalue weighted by molar-refractivity contribution is -0.391. The van der Waals surface area contributed by atoms with Crippen molar-refractivity contribution in [1.82, 2.24) is 10.3 Å². The molecule has 0 radical (unpaired) electrons. The summed E-state index contributed by atoms with van der Waals surface area (Å²) < 4.78 is 17.6. The molecule has 0 spiro atoms. The number of nitrogens with zero attached hydrogens (tertiary/aromatic N) is 5. The smallest absolute Gasteiger partial charge is 0.360 e. The van der Waals surface area contributed by atoms with Crippen molar-refractivity contribution in [2.45, 2.75) is 6.23 Å². The van der Waals surface area contributed by atoms with Crippen LogP contribution in [0.4, 0.5) is 15.9 Å². The first-order valence-corrected chi connectivity index (χ1v) is 6.31. The number of oxime groups is 1. The molecule has 12 heteroatoms. The van der Waals surface area contributed by atoms with E-state index in [4.69, 9.17) is 16.4 Å². The lowest BCUT2D eigenvalue weighted by atomic mass is 10.2. The van der Waals surface area contributed by atoms with Crippen molar-refractivity contribution in [3.8, 4) is 0 Å². The first kappa shape index (κ1) is 14.8. The predicted octanol–water partition coefficient (Wildman–Crippen LogP) is 1.49. The number of anilines is 1. The molecule has 23 heavy (non-hydrogen) atoms. The maximum Gasteiger partial charge on any atom is 0.446 e. The van der Waals surface area contributed by atoms with Crippen LogP contribution in [0.2, 0.25) is 5.02 Å². The molecular formula is C11H5ClFN5O5. The van der Waals surface area contributed by atoms with Gasteiger partial charge < -0.3 is 15.0 Å². The van der Waals surface area contributed by atoms with Crippen LogP contribution in [0.15, 0.2) is 28.0 Å². The third-order valence-electron chi connectivity index (χ3n) is 2.88. The number of carbonyl (C=O) groups is 1. The number of carbonyl (C=O) groups excluding carboxylic acids is 1. The van der Waals surface area contributed by atoms with Crippen molar-refractivity contribution < 1.29 is 23.6 Å². The molecule has 0 saturated carbocycles. The second kappa shape index (κ2) is 5.61. The summed E-state index contributed by atoms with van der Waals surface area (Å²) >= 11 is 5.71. The highest BCUT2D eigenvalue weighted by atomic mass is 35.5. The minimum Gasteiger partial charge on any atom is -0.360 e. The van der Waals surface area contributed by atoms with Gasteiger partial charge in [-0.05, 0) is 28.3 Å². The number of hydrogen-bond donors (Lipinski definition) is 0. The molecular weight excluding hydrogens is 337 g/mol. The number of halogens is 2. The second-order valence-electron chi connectivity index (χ2n) is 4.21. The maximum atomic E-state index is 13.3. The van der Waals surface area contributed by atoms with Crippen LogP contribution in [0.3, 0.4) is 0 Å². The Hall–Kier alpha value is -3.08. The zero-order chi connectivity index (χ0) is 16.6. The van der Waals surface area contributed by atoms with Crippen LogP contribution < -0.4 is 4.90 Å². The number of rotatable bonds is 4. The third kappa shape index (κ3) is 2.46. The molecule has 1 unspecified atom stereocenters. The molecule has 1 atom stereocenters. The van der Waals surface area contributed by atoms with Gasteiger partial charge in [0.1, 0.15) is 5.82 Å². The standard InChI is InChI=1S/C11H5ClFN5O5/c12-6-3-5(1-2-7(6)13)17-8(4-19)22-15-10(17)9-11(18(20)21)16-23-14-9/h1-4,8H. The first-order chi connectivity index (χ1) is 11.0. The van der Waals surface area contributed by atoms with Crippen molar-refractivity contribution in [1.29, 1.82) is 0 Å². The lowest BCUT2D eigenvalue weighted by Crippen LogP contribution is -2.38. The fourth-order valence-electron chi connectivity index (χ4n) is 1.91. The number of nitro groups is 1. The van der Waals surface area contributed by atoms with Gasteiger partial charge in [-0.1, -0.05) is 16.8 Å². The van der Waals surface area contributed by atoms with Crippen LogP contribution in [0.1, 0.15) is 5.69 Å². The normalized spacial score (nSPS) is 16.9. The van der Waals surface area contributed by atoms with Gasteiger partial charge in [-0.15, -0.1) is 4.63 Å². The summed E-state index contributed by atoms with van der Waals surface area (Å²) in [6.07, 6.45) is -0.838. The molecule has 1 aromatic heterocycles. The average molecular weight is 342 g/mol. The molecule has 0 aliphatic carbocycles. The summed E-state index contributed by atoms with van der Waals surface area (Å²) in [4.78, 5) is 27.3. The van der Waals surface area contributed by atoms with Gasteiger partial charge in [0.15, 0.2) is 11.4 Å². The second-order valence-corrected chi connectivity index (χ2v) is 4.62. The minimum absolute atomic E-state index is 0.197. The Balaban J connectivity index is 2.09. The molecule has 0 amide bonds. The van der Waals surface area contributed by atoms with Crippen molar-refractivity contribution >= 4 is 35.2 Å². The Labute approximate surface area is 131 Å². The van der Waals surface area contributed by atoms with E-state index in [9.17, 15) is 19.3 Å². The fraction of sp³-hybridized carbons (Fsp3) is 0.0909. The SMILES string of the molecule is O=CC1ON=C(c2nonc2[N+](=O)[O-])N1c1ccc(F)c(Cl)c1. The van der Waals surface area contributed by atoms with Crippen LogP contribution >= 0.6 is 11.6 Å². The topological polar surface area (TPSA) is 124 Å². The van der Waals surface area contributed by atoms with Gasteiger partial charge in [0.05, 0.1) is 5.02 Å². The van der Waals surface area contributed by atoms with Gasteiger partial charge in [-0.25, -0.2) is 4.39 Å². The summed E-state index contributed by atoms with van der Waals surface area (Å²) in [5.41, 5.74) is -0.137. The molecule has 0 fully saturated rings. The number of aromatic nitrogens is 2. The van der Waals surface area contributed by atoms with Crippen molar-refractivity contribution in [3.05, 3.63) is 44.8 Å². The largest absolute Gasteiger partial charge is 0.446 e. The molecule has 0 saturated heterocycles.